The molecule has 1 aromatic heterocycles. The van der Waals surface area contributed by atoms with Crippen LogP contribution in [-0.4, -0.2) is 155 Å². The lowest BCUT2D eigenvalue weighted by molar-refractivity contribution is -0.205. The van der Waals surface area contributed by atoms with Gasteiger partial charge < -0.3 is 44.3 Å². The number of alkyl halides is 3. The van der Waals surface area contributed by atoms with Crippen molar-refractivity contribution in [2.75, 3.05) is 59.0 Å². The molecule has 3 atom stereocenters. The molecule has 72 heavy (non-hydrogen) atoms. The van der Waals surface area contributed by atoms with Gasteiger partial charge in [-0.3, -0.25) is 23.9 Å². The highest BCUT2D eigenvalue weighted by atomic mass is 19.4. The number of esters is 1. The van der Waals surface area contributed by atoms with Gasteiger partial charge in [0.25, 0.3) is 5.91 Å². The van der Waals surface area contributed by atoms with Crippen molar-refractivity contribution in [2.24, 2.45) is 28.1 Å². The molecule has 2 bridgehead atoms. The lowest BCUT2D eigenvalue weighted by Crippen LogP contribution is -2.67. The number of ether oxygens (including phenoxy) is 4. The Kier molecular flexibility index (Phi) is 14.9. The number of carbonyl (C=O) groups excluding carboxylic acids is 6. The fourth-order valence-corrected chi connectivity index (χ4v) is 11.1. The van der Waals surface area contributed by atoms with E-state index >= 15 is 0 Å². The van der Waals surface area contributed by atoms with Crippen molar-refractivity contribution < 1.29 is 60.9 Å². The first-order chi connectivity index (χ1) is 33.8. The summed E-state index contributed by atoms with van der Waals surface area (Å²) in [5, 5.41) is 10.4. The number of amides is 5. The SMILES string of the molecule is C[C@@H](OCC12CCC(CC1)OC2)C(NC(=O)[C@@H]1CN(C(=O)c2cnn(Cc3ccccc3C(=O)OC(C)(C)C)c2)CC12CN(C(=O)C1(C(F)(F)F)CC1)C2)C(=O)NCCC1CCN(C(=O)OC(C)(C)C)CC1. The van der Waals surface area contributed by atoms with Gasteiger partial charge in [0.15, 0.2) is 0 Å². The van der Waals surface area contributed by atoms with Crippen LogP contribution in [0.2, 0.25) is 0 Å². The number of fused-ring (bicyclic) bond motifs is 3. The summed E-state index contributed by atoms with van der Waals surface area (Å²) in [6, 6.07) is 5.72. The van der Waals surface area contributed by atoms with Crippen LogP contribution in [0.4, 0.5) is 18.0 Å². The minimum atomic E-state index is -4.73. The molecule has 9 rings (SSSR count). The largest absolute Gasteiger partial charge is 0.456 e. The summed E-state index contributed by atoms with van der Waals surface area (Å²) in [6.07, 6.45) is 2.36. The Balaban J connectivity index is 0.976. The van der Waals surface area contributed by atoms with Gasteiger partial charge in [0.2, 0.25) is 17.7 Å². The second-order valence-electron chi connectivity index (χ2n) is 23.4. The zero-order valence-electron chi connectivity index (χ0n) is 42.7. The molecule has 1 unspecified atom stereocenters. The van der Waals surface area contributed by atoms with Crippen LogP contribution in [-0.2, 0) is 39.9 Å². The Morgan fingerprint density at radius 3 is 2.12 bits per heavy atom. The van der Waals surface area contributed by atoms with Crippen molar-refractivity contribution in [3.8, 4) is 0 Å². The molecule has 396 valence electrons. The molecule has 1 spiro atoms. The Labute approximate surface area is 419 Å². The second-order valence-corrected chi connectivity index (χ2v) is 23.4. The monoisotopic (exact) mass is 1010 g/mol. The molecular formula is C52H72F3N7O10. The van der Waals surface area contributed by atoms with Crippen LogP contribution in [0, 0.1) is 28.1 Å². The van der Waals surface area contributed by atoms with E-state index in [1.807, 2.05) is 20.8 Å². The smallest absolute Gasteiger partial charge is 0.410 e. The molecule has 2 N–H and O–H groups in total. The van der Waals surface area contributed by atoms with Gasteiger partial charge in [-0.05, 0) is 124 Å². The number of hydrogen-bond acceptors (Lipinski definition) is 11. The Morgan fingerprint density at radius 2 is 1.51 bits per heavy atom. The van der Waals surface area contributed by atoms with Crippen molar-refractivity contribution >= 4 is 35.7 Å². The van der Waals surface area contributed by atoms with Crippen LogP contribution >= 0.6 is 0 Å². The molecule has 0 radical (unpaired) electrons. The molecule has 1 aromatic carbocycles. The molecule has 5 aliphatic heterocycles. The van der Waals surface area contributed by atoms with Crippen molar-refractivity contribution in [3.63, 3.8) is 0 Å². The summed E-state index contributed by atoms with van der Waals surface area (Å²) in [5.41, 5.74) is -4.00. The molecular weight excluding hydrogens is 940 g/mol. The zero-order chi connectivity index (χ0) is 52.0. The van der Waals surface area contributed by atoms with E-state index in [-0.39, 0.29) is 74.7 Å². The predicted octanol–water partition coefficient (Wildman–Crippen LogP) is 6.13. The van der Waals surface area contributed by atoms with E-state index in [1.54, 1.807) is 56.9 Å². The van der Waals surface area contributed by atoms with Crippen molar-refractivity contribution in [1.29, 1.82) is 0 Å². The maximum atomic E-state index is 14.8. The van der Waals surface area contributed by atoms with Gasteiger partial charge in [-0.1, -0.05) is 18.2 Å². The molecule has 20 heteroatoms. The number of aromatic nitrogens is 2. The standard InChI is InChI=1S/C52H72F3N7O10/c1-33(69-31-49-17-12-37(13-18-49)70-32-49)40(42(64)56-21-14-34-15-22-59(23-16-34)46(68)72-48(5,6)7)58-41(63)39-27-60(28-50(39)29-61(30-50)45(67)51(19-20-51)52(53,54)55)43(65)36-24-57-62(26-36)25-35-10-8-9-11-38(35)44(66)71-47(2,3)4/h8-11,24,26,33-34,37,39-40H,12-23,25,27-32H2,1-7H3,(H,56,64)(H,58,63)/t33-,37?,39+,40?,49?/m1/s1. The first-order valence-electron chi connectivity index (χ1n) is 25.6. The highest BCUT2D eigenvalue weighted by Gasteiger charge is 2.72. The maximum Gasteiger partial charge on any atom is 0.410 e. The molecule has 17 nitrogen and oxygen atoms in total. The van der Waals surface area contributed by atoms with Crippen LogP contribution in [0.1, 0.15) is 133 Å². The first kappa shape index (κ1) is 53.1. The number of carbonyl (C=O) groups is 6. The normalized spacial score (nSPS) is 24.6. The van der Waals surface area contributed by atoms with Gasteiger partial charge in [-0.2, -0.15) is 18.3 Å². The molecule has 7 aliphatic rings. The third-order valence-corrected chi connectivity index (χ3v) is 15.5. The van der Waals surface area contributed by atoms with Crippen LogP contribution in [0.3, 0.4) is 0 Å². The molecule has 2 saturated carbocycles. The van der Waals surface area contributed by atoms with E-state index in [2.05, 4.69) is 15.7 Å². The van der Waals surface area contributed by atoms with Gasteiger partial charge in [0.1, 0.15) is 22.7 Å². The minimum Gasteiger partial charge on any atom is -0.456 e. The maximum absolute atomic E-state index is 14.8. The number of nitrogens with one attached hydrogen (secondary N) is 2. The van der Waals surface area contributed by atoms with E-state index in [9.17, 15) is 41.9 Å². The Morgan fingerprint density at radius 1 is 0.861 bits per heavy atom. The van der Waals surface area contributed by atoms with E-state index in [0.29, 0.717) is 50.4 Å². The second kappa shape index (κ2) is 20.2. The third kappa shape index (κ3) is 11.7. The van der Waals surface area contributed by atoms with Crippen LogP contribution in [0.25, 0.3) is 0 Å². The van der Waals surface area contributed by atoms with Gasteiger partial charge in [-0.25, -0.2) is 9.59 Å². The zero-order valence-corrected chi connectivity index (χ0v) is 42.7. The van der Waals surface area contributed by atoms with E-state index in [4.69, 9.17) is 18.9 Å². The summed E-state index contributed by atoms with van der Waals surface area (Å²) < 4.78 is 67.8. The first-order valence-corrected chi connectivity index (χ1v) is 25.6. The van der Waals surface area contributed by atoms with Gasteiger partial charge in [0.05, 0.1) is 55.2 Å². The Bertz CT molecular complexity index is 2340. The molecule has 5 amide bonds. The number of halogens is 3. The van der Waals surface area contributed by atoms with Crippen molar-refractivity contribution in [3.05, 3.63) is 53.3 Å². The summed E-state index contributed by atoms with van der Waals surface area (Å²) in [7, 11) is 0. The fourth-order valence-electron chi connectivity index (χ4n) is 11.1. The summed E-state index contributed by atoms with van der Waals surface area (Å²) in [5.74, 6) is -3.88. The number of piperidine rings is 1. The lowest BCUT2D eigenvalue weighted by Gasteiger charge is -2.51. The summed E-state index contributed by atoms with van der Waals surface area (Å²) in [4.78, 5) is 87.0. The Hall–Kier alpha value is -5.24. The molecule has 6 heterocycles. The topological polar surface area (TPSA) is 191 Å². The molecule has 5 saturated heterocycles. The highest BCUT2D eigenvalue weighted by Crippen LogP contribution is 2.60. The number of hydrogen-bond donors (Lipinski definition) is 2. The number of nitrogens with zero attached hydrogens (tertiary/aromatic N) is 5. The number of likely N-dealkylation sites (tertiary alicyclic amines) is 3. The average molecular weight is 1010 g/mol. The van der Waals surface area contributed by atoms with Crippen molar-refractivity contribution in [2.45, 2.75) is 148 Å². The van der Waals surface area contributed by atoms with Crippen LogP contribution in [0.5, 0.6) is 0 Å². The third-order valence-electron chi connectivity index (χ3n) is 15.5. The van der Waals surface area contributed by atoms with Crippen LogP contribution < -0.4 is 10.6 Å². The number of benzene rings is 1. The highest BCUT2D eigenvalue weighted by molar-refractivity contribution is 5.96. The average Bonchev–Trinajstić information content (AvgIpc) is 3.86. The quantitative estimate of drug-likeness (QED) is 0.195. The van der Waals surface area contributed by atoms with Crippen LogP contribution in [0.15, 0.2) is 36.7 Å². The van der Waals surface area contributed by atoms with Gasteiger partial charge in [0, 0.05) is 62.8 Å². The molecule has 2 aliphatic carbocycles. The van der Waals surface area contributed by atoms with Gasteiger partial charge in [-0.15, -0.1) is 0 Å². The van der Waals surface area contributed by atoms with Crippen molar-refractivity contribution in [1.82, 2.24) is 35.1 Å². The molecule has 2 aromatic rings. The number of rotatable bonds is 15. The fraction of sp³-hybridized carbons (Fsp3) is 0.712. The lowest BCUT2D eigenvalue weighted by atomic mass is 9.70. The molecule has 7 fully saturated rings. The van der Waals surface area contributed by atoms with E-state index in [0.717, 1.165) is 43.4 Å². The van der Waals surface area contributed by atoms with E-state index < -0.39 is 75.9 Å². The summed E-state index contributed by atoms with van der Waals surface area (Å²) in [6.45, 7) is 14.3. The van der Waals surface area contributed by atoms with E-state index in [1.165, 1.54) is 22.0 Å². The summed E-state index contributed by atoms with van der Waals surface area (Å²) >= 11 is 0. The predicted molar refractivity (Wildman–Crippen MR) is 255 cm³/mol. The minimum absolute atomic E-state index is 0.0431. The van der Waals surface area contributed by atoms with Gasteiger partial charge >= 0.3 is 18.2 Å².